The van der Waals surface area contributed by atoms with Gasteiger partial charge in [0.15, 0.2) is 0 Å². The minimum absolute atomic E-state index is 0.305. The molecule has 116 valence electrons. The van der Waals surface area contributed by atoms with Crippen LogP contribution in [0.2, 0.25) is 0 Å². The highest BCUT2D eigenvalue weighted by atomic mass is 32.2. The molecule has 22 heavy (non-hydrogen) atoms. The number of amides is 2. The Hall–Kier alpha value is -1.86. The molecule has 5 nitrogen and oxygen atoms in total. The predicted molar refractivity (Wildman–Crippen MR) is 89.0 cm³/mol. The SMILES string of the molecule is Cc1csc(SCc2ccc(C(=O)N[C@H](C)C(N)=O)cc2)n1. The van der Waals surface area contributed by atoms with E-state index >= 15 is 0 Å². The lowest BCUT2D eigenvalue weighted by Gasteiger charge is -2.10. The number of nitrogens with zero attached hydrogens (tertiary/aromatic N) is 1. The van der Waals surface area contributed by atoms with Gasteiger partial charge in [0.1, 0.15) is 10.4 Å². The van der Waals surface area contributed by atoms with Crippen LogP contribution in [0.25, 0.3) is 0 Å². The molecule has 2 aromatic rings. The molecule has 1 heterocycles. The second kappa shape index (κ2) is 7.42. The molecule has 0 aliphatic carbocycles. The van der Waals surface area contributed by atoms with Crippen LogP contribution in [0.1, 0.15) is 28.5 Å². The van der Waals surface area contributed by atoms with Gasteiger partial charge in [0.25, 0.3) is 5.91 Å². The van der Waals surface area contributed by atoms with Crippen molar-refractivity contribution in [3.63, 3.8) is 0 Å². The fourth-order valence-corrected chi connectivity index (χ4v) is 3.45. The minimum Gasteiger partial charge on any atom is -0.368 e. The summed E-state index contributed by atoms with van der Waals surface area (Å²) in [6.07, 6.45) is 0. The second-order valence-electron chi connectivity index (χ2n) is 4.84. The number of aromatic nitrogens is 1. The van der Waals surface area contributed by atoms with Gasteiger partial charge in [0.2, 0.25) is 5.91 Å². The molecule has 2 rings (SSSR count). The molecule has 1 atom stereocenters. The summed E-state index contributed by atoms with van der Waals surface area (Å²) in [6, 6.07) is 6.60. The molecular weight excluding hydrogens is 318 g/mol. The number of carbonyl (C=O) groups is 2. The largest absolute Gasteiger partial charge is 0.368 e. The third-order valence-corrected chi connectivity index (χ3v) is 5.16. The second-order valence-corrected chi connectivity index (χ2v) is 6.92. The number of nitrogens with two attached hydrogens (primary N) is 1. The predicted octanol–water partition coefficient (Wildman–Crippen LogP) is 2.35. The average molecular weight is 335 g/mol. The Morgan fingerprint density at radius 1 is 1.36 bits per heavy atom. The maximum absolute atomic E-state index is 11.9. The van der Waals surface area contributed by atoms with Gasteiger partial charge in [-0.3, -0.25) is 9.59 Å². The molecule has 1 aromatic carbocycles. The quantitative estimate of drug-likeness (QED) is 0.794. The maximum atomic E-state index is 11.9. The zero-order chi connectivity index (χ0) is 16.1. The van der Waals surface area contributed by atoms with E-state index in [1.54, 1.807) is 42.2 Å². The Balaban J connectivity index is 1.92. The van der Waals surface area contributed by atoms with Gasteiger partial charge in [-0.2, -0.15) is 0 Å². The molecule has 0 unspecified atom stereocenters. The summed E-state index contributed by atoms with van der Waals surface area (Å²) in [5.41, 5.74) is 7.77. The van der Waals surface area contributed by atoms with Crippen LogP contribution < -0.4 is 11.1 Å². The first-order valence-electron chi connectivity index (χ1n) is 6.70. The Morgan fingerprint density at radius 3 is 2.59 bits per heavy atom. The van der Waals surface area contributed by atoms with Crippen molar-refractivity contribution >= 4 is 34.9 Å². The molecule has 0 aliphatic heterocycles. The van der Waals surface area contributed by atoms with E-state index in [9.17, 15) is 9.59 Å². The molecule has 0 fully saturated rings. The van der Waals surface area contributed by atoms with Crippen LogP contribution in [0.4, 0.5) is 0 Å². The molecular formula is C15H17N3O2S2. The van der Waals surface area contributed by atoms with Gasteiger partial charge in [0.05, 0.1) is 0 Å². The number of nitrogens with one attached hydrogen (secondary N) is 1. The molecule has 0 radical (unpaired) electrons. The number of thiazole rings is 1. The lowest BCUT2D eigenvalue weighted by molar-refractivity contribution is -0.119. The number of hydrogen-bond acceptors (Lipinski definition) is 5. The molecule has 7 heteroatoms. The Morgan fingerprint density at radius 2 is 2.05 bits per heavy atom. The molecule has 0 aliphatic rings. The van der Waals surface area contributed by atoms with Gasteiger partial charge in [0, 0.05) is 22.4 Å². The number of aryl methyl sites for hydroxylation is 1. The minimum atomic E-state index is -0.684. The van der Waals surface area contributed by atoms with E-state index in [4.69, 9.17) is 5.73 Å². The topological polar surface area (TPSA) is 85.1 Å². The van der Waals surface area contributed by atoms with Crippen LogP contribution in [-0.2, 0) is 10.5 Å². The molecule has 0 bridgehead atoms. The van der Waals surface area contributed by atoms with Gasteiger partial charge in [-0.15, -0.1) is 11.3 Å². The number of hydrogen-bond donors (Lipinski definition) is 2. The summed E-state index contributed by atoms with van der Waals surface area (Å²) in [5, 5.41) is 4.57. The van der Waals surface area contributed by atoms with Gasteiger partial charge >= 0.3 is 0 Å². The first-order chi connectivity index (χ1) is 10.5. The van der Waals surface area contributed by atoms with Crippen LogP contribution in [-0.4, -0.2) is 22.8 Å². The number of rotatable bonds is 6. The van der Waals surface area contributed by atoms with Crippen molar-refractivity contribution in [2.24, 2.45) is 5.73 Å². The van der Waals surface area contributed by atoms with Gasteiger partial charge in [-0.05, 0) is 31.5 Å². The van der Waals surface area contributed by atoms with Crippen LogP contribution in [0.5, 0.6) is 0 Å². The fraction of sp³-hybridized carbons (Fsp3) is 0.267. The fourth-order valence-electron chi connectivity index (χ4n) is 1.65. The van der Waals surface area contributed by atoms with Crippen molar-refractivity contribution in [1.82, 2.24) is 10.3 Å². The summed E-state index contributed by atoms with van der Waals surface area (Å²) in [7, 11) is 0. The third-order valence-electron chi connectivity index (χ3n) is 2.95. The Kier molecular flexibility index (Phi) is 5.57. The van der Waals surface area contributed by atoms with E-state index in [0.717, 1.165) is 21.3 Å². The van der Waals surface area contributed by atoms with Crippen LogP contribution in [0.15, 0.2) is 34.0 Å². The van der Waals surface area contributed by atoms with E-state index < -0.39 is 11.9 Å². The van der Waals surface area contributed by atoms with E-state index in [1.165, 1.54) is 0 Å². The summed E-state index contributed by atoms with van der Waals surface area (Å²) in [6.45, 7) is 3.53. The normalized spacial score (nSPS) is 11.9. The highest BCUT2D eigenvalue weighted by molar-refractivity contribution is 8.00. The van der Waals surface area contributed by atoms with Crippen LogP contribution >= 0.6 is 23.1 Å². The summed E-state index contributed by atoms with van der Waals surface area (Å²) in [5.74, 6) is -0.0619. The lowest BCUT2D eigenvalue weighted by atomic mass is 10.1. The molecule has 0 spiro atoms. The highest BCUT2D eigenvalue weighted by Gasteiger charge is 2.13. The van der Waals surface area contributed by atoms with E-state index in [-0.39, 0.29) is 5.91 Å². The molecule has 2 amide bonds. The number of primary amides is 1. The van der Waals surface area contributed by atoms with Crippen molar-refractivity contribution in [1.29, 1.82) is 0 Å². The monoisotopic (exact) mass is 335 g/mol. The van der Waals surface area contributed by atoms with Crippen molar-refractivity contribution in [3.05, 3.63) is 46.5 Å². The van der Waals surface area contributed by atoms with E-state index in [2.05, 4.69) is 10.3 Å². The van der Waals surface area contributed by atoms with Gasteiger partial charge < -0.3 is 11.1 Å². The van der Waals surface area contributed by atoms with E-state index in [1.807, 2.05) is 24.4 Å². The smallest absolute Gasteiger partial charge is 0.251 e. The molecule has 1 aromatic heterocycles. The van der Waals surface area contributed by atoms with Crippen molar-refractivity contribution in [2.75, 3.05) is 0 Å². The summed E-state index contributed by atoms with van der Waals surface area (Å²) < 4.78 is 1.04. The summed E-state index contributed by atoms with van der Waals surface area (Å²) >= 11 is 3.30. The average Bonchev–Trinajstić information content (AvgIpc) is 2.91. The third kappa shape index (κ3) is 4.57. The molecule has 3 N–H and O–H groups in total. The van der Waals surface area contributed by atoms with Crippen LogP contribution in [0, 0.1) is 6.92 Å². The maximum Gasteiger partial charge on any atom is 0.251 e. The number of thioether (sulfide) groups is 1. The Labute approximate surface area is 137 Å². The zero-order valence-corrected chi connectivity index (χ0v) is 14.0. The highest BCUT2D eigenvalue weighted by Crippen LogP contribution is 2.26. The molecule has 0 saturated carbocycles. The number of benzene rings is 1. The zero-order valence-electron chi connectivity index (χ0n) is 12.3. The first kappa shape index (κ1) is 16.5. The first-order valence-corrected chi connectivity index (χ1v) is 8.56. The van der Waals surface area contributed by atoms with Gasteiger partial charge in [-0.25, -0.2) is 4.98 Å². The van der Waals surface area contributed by atoms with Crippen molar-refractivity contribution in [2.45, 2.75) is 30.0 Å². The number of carbonyl (C=O) groups excluding carboxylic acids is 2. The molecule has 0 saturated heterocycles. The van der Waals surface area contributed by atoms with Crippen molar-refractivity contribution < 1.29 is 9.59 Å². The van der Waals surface area contributed by atoms with Crippen LogP contribution in [0.3, 0.4) is 0 Å². The lowest BCUT2D eigenvalue weighted by Crippen LogP contribution is -2.42. The Bertz CT molecular complexity index is 668. The van der Waals surface area contributed by atoms with Crippen molar-refractivity contribution in [3.8, 4) is 0 Å². The summed E-state index contributed by atoms with van der Waals surface area (Å²) in [4.78, 5) is 27.3. The standard InChI is InChI=1S/C15H17N3O2S2/c1-9-7-21-15(17-9)22-8-11-3-5-12(6-4-11)14(20)18-10(2)13(16)19/h3-7,10H,8H2,1-2H3,(H2,16,19)(H,18,20)/t10-/m1/s1. The van der Waals surface area contributed by atoms with Gasteiger partial charge in [-0.1, -0.05) is 23.9 Å². The van der Waals surface area contributed by atoms with E-state index in [0.29, 0.717) is 5.56 Å².